The number of ether oxygens (including phenoxy) is 1. The van der Waals surface area contributed by atoms with E-state index in [0.717, 1.165) is 28.2 Å². The highest BCUT2D eigenvalue weighted by molar-refractivity contribution is 6.01. The van der Waals surface area contributed by atoms with Gasteiger partial charge in [0, 0.05) is 26.1 Å². The van der Waals surface area contributed by atoms with Crippen LogP contribution in [0.15, 0.2) is 84.0 Å². The first-order valence-electron chi connectivity index (χ1n) is 11.2. The highest BCUT2D eigenvalue weighted by Gasteiger charge is 2.26. The average molecular weight is 449 g/mol. The van der Waals surface area contributed by atoms with Crippen LogP contribution in [0.4, 0.5) is 4.39 Å². The van der Waals surface area contributed by atoms with Gasteiger partial charge in [-0.15, -0.1) is 0 Å². The molecule has 0 aromatic heterocycles. The zero-order chi connectivity index (χ0) is 23.0. The maximum atomic E-state index is 13.4. The molecule has 0 spiro atoms. The Kier molecular flexibility index (Phi) is 7.70. The van der Waals surface area contributed by atoms with Crippen molar-refractivity contribution in [3.63, 3.8) is 0 Å². The van der Waals surface area contributed by atoms with Gasteiger partial charge in [-0.3, -0.25) is 4.90 Å². The van der Waals surface area contributed by atoms with Crippen molar-refractivity contribution < 1.29 is 19.1 Å². The maximum absolute atomic E-state index is 13.4. The largest absolute Gasteiger partial charge is 0.491 e. The summed E-state index contributed by atoms with van der Waals surface area (Å²) in [5.41, 5.74) is 3.96. The Morgan fingerprint density at radius 2 is 1.79 bits per heavy atom. The van der Waals surface area contributed by atoms with Crippen LogP contribution in [0.2, 0.25) is 0 Å². The molecular weight excluding hydrogens is 419 g/mol. The lowest BCUT2D eigenvalue weighted by atomic mass is 10.0. The third kappa shape index (κ3) is 6.63. The van der Waals surface area contributed by atoms with Gasteiger partial charge in [0.2, 0.25) is 0 Å². The Labute approximate surface area is 194 Å². The van der Waals surface area contributed by atoms with Crippen LogP contribution in [-0.2, 0) is 11.4 Å². The number of halogens is 1. The van der Waals surface area contributed by atoms with Crippen LogP contribution in [0, 0.1) is 12.7 Å². The Bertz CT molecular complexity index is 1060. The summed E-state index contributed by atoms with van der Waals surface area (Å²) in [5, 5.41) is 15.0. The first-order valence-corrected chi connectivity index (χ1v) is 11.2. The molecule has 0 amide bonds. The molecule has 0 fully saturated rings. The lowest BCUT2D eigenvalue weighted by Gasteiger charge is -2.27. The van der Waals surface area contributed by atoms with E-state index in [2.05, 4.69) is 10.1 Å². The van der Waals surface area contributed by atoms with Crippen molar-refractivity contribution >= 4 is 5.71 Å². The fourth-order valence-electron chi connectivity index (χ4n) is 3.92. The van der Waals surface area contributed by atoms with E-state index in [1.807, 2.05) is 61.5 Å². The van der Waals surface area contributed by atoms with E-state index in [1.165, 1.54) is 12.1 Å². The van der Waals surface area contributed by atoms with Gasteiger partial charge in [-0.25, -0.2) is 4.39 Å². The minimum absolute atomic E-state index is 0.120. The van der Waals surface area contributed by atoms with E-state index in [0.29, 0.717) is 26.1 Å². The van der Waals surface area contributed by atoms with Crippen LogP contribution < -0.4 is 4.74 Å². The zero-order valence-electron chi connectivity index (χ0n) is 18.7. The lowest BCUT2D eigenvalue weighted by molar-refractivity contribution is 0.0212. The van der Waals surface area contributed by atoms with Gasteiger partial charge in [-0.1, -0.05) is 65.8 Å². The molecule has 1 aliphatic rings. The normalized spacial score (nSPS) is 16.4. The van der Waals surface area contributed by atoms with Crippen LogP contribution in [0.25, 0.3) is 0 Å². The summed E-state index contributed by atoms with van der Waals surface area (Å²) in [6, 6.07) is 24.2. The summed E-state index contributed by atoms with van der Waals surface area (Å²) in [4.78, 5) is 7.81. The second-order valence-corrected chi connectivity index (χ2v) is 8.39. The molecule has 0 saturated heterocycles. The predicted octanol–water partition coefficient (Wildman–Crippen LogP) is 4.57. The van der Waals surface area contributed by atoms with Crippen LogP contribution in [0.3, 0.4) is 0 Å². The van der Waals surface area contributed by atoms with E-state index in [1.54, 1.807) is 12.1 Å². The second kappa shape index (κ2) is 11.1. The number of hydrogen-bond donors (Lipinski definition) is 1. The quantitative estimate of drug-likeness (QED) is 0.494. The van der Waals surface area contributed by atoms with Crippen molar-refractivity contribution in [2.24, 2.45) is 5.16 Å². The van der Waals surface area contributed by atoms with Crippen molar-refractivity contribution in [3.8, 4) is 5.75 Å². The van der Waals surface area contributed by atoms with Crippen molar-refractivity contribution in [2.45, 2.75) is 32.1 Å². The van der Waals surface area contributed by atoms with Crippen LogP contribution in [-0.4, -0.2) is 47.6 Å². The van der Waals surface area contributed by atoms with Gasteiger partial charge in [-0.2, -0.15) is 0 Å². The van der Waals surface area contributed by atoms with Gasteiger partial charge in [0.25, 0.3) is 0 Å². The Hall–Kier alpha value is -3.22. The zero-order valence-corrected chi connectivity index (χ0v) is 18.7. The molecule has 0 unspecified atom stereocenters. The summed E-state index contributed by atoms with van der Waals surface area (Å²) in [5.74, 6) is 0.499. The third-order valence-corrected chi connectivity index (χ3v) is 5.62. The summed E-state index contributed by atoms with van der Waals surface area (Å²) in [6.45, 7) is 3.69. The molecule has 1 aliphatic heterocycles. The Morgan fingerprint density at radius 1 is 1.06 bits per heavy atom. The summed E-state index contributed by atoms with van der Waals surface area (Å²) in [6.07, 6.45) is -0.120. The highest BCUT2D eigenvalue weighted by Crippen LogP contribution is 2.20. The smallest absolute Gasteiger partial charge is 0.145 e. The van der Waals surface area contributed by atoms with E-state index in [9.17, 15) is 9.50 Å². The molecule has 0 bridgehead atoms. The van der Waals surface area contributed by atoms with E-state index in [4.69, 9.17) is 9.57 Å². The minimum Gasteiger partial charge on any atom is -0.491 e. The number of hydrogen-bond acceptors (Lipinski definition) is 5. The fraction of sp³-hybridized carbons (Fsp3) is 0.296. The van der Waals surface area contributed by atoms with Gasteiger partial charge in [0.15, 0.2) is 0 Å². The number of aryl methyl sites for hydroxylation is 1. The topological polar surface area (TPSA) is 54.3 Å². The monoisotopic (exact) mass is 448 g/mol. The number of benzene rings is 3. The molecule has 5 nitrogen and oxygen atoms in total. The molecule has 172 valence electrons. The molecule has 33 heavy (non-hydrogen) atoms. The van der Waals surface area contributed by atoms with E-state index >= 15 is 0 Å². The van der Waals surface area contributed by atoms with Gasteiger partial charge in [0.05, 0.1) is 5.71 Å². The average Bonchev–Trinajstić information content (AvgIpc) is 3.29. The molecule has 0 aliphatic carbocycles. The van der Waals surface area contributed by atoms with Gasteiger partial charge in [0.1, 0.15) is 30.4 Å². The molecule has 2 atom stereocenters. The maximum Gasteiger partial charge on any atom is 0.145 e. The number of oxime groups is 1. The first-order chi connectivity index (χ1) is 16.1. The van der Waals surface area contributed by atoms with Gasteiger partial charge in [-0.05, 0) is 41.8 Å². The molecule has 3 aromatic carbocycles. The summed E-state index contributed by atoms with van der Waals surface area (Å²) >= 11 is 0. The van der Waals surface area contributed by atoms with Crippen molar-refractivity contribution in [2.75, 3.05) is 19.7 Å². The number of rotatable bonds is 10. The number of para-hydroxylation sites is 1. The van der Waals surface area contributed by atoms with Gasteiger partial charge >= 0.3 is 0 Å². The molecular formula is C27H29FN2O3. The second-order valence-electron chi connectivity index (χ2n) is 8.39. The van der Waals surface area contributed by atoms with Crippen molar-refractivity contribution in [1.82, 2.24) is 4.90 Å². The van der Waals surface area contributed by atoms with Crippen molar-refractivity contribution in [3.05, 3.63) is 101 Å². The predicted molar refractivity (Wildman–Crippen MR) is 127 cm³/mol. The lowest BCUT2D eigenvalue weighted by Crippen LogP contribution is -2.39. The number of aliphatic hydroxyl groups excluding tert-OH is 1. The number of nitrogens with zero attached hydrogens (tertiary/aromatic N) is 2. The van der Waals surface area contributed by atoms with Crippen molar-refractivity contribution in [1.29, 1.82) is 0 Å². The molecule has 4 rings (SSSR count). The molecule has 3 aromatic rings. The molecule has 1 heterocycles. The van der Waals surface area contributed by atoms with Crippen LogP contribution in [0.1, 0.15) is 23.1 Å². The van der Waals surface area contributed by atoms with Crippen LogP contribution >= 0.6 is 0 Å². The minimum atomic E-state index is -0.694. The Morgan fingerprint density at radius 3 is 2.55 bits per heavy atom. The Balaban J connectivity index is 1.37. The summed E-state index contributed by atoms with van der Waals surface area (Å²) in [7, 11) is 0. The van der Waals surface area contributed by atoms with E-state index in [-0.39, 0.29) is 18.5 Å². The fourth-order valence-corrected chi connectivity index (χ4v) is 3.92. The molecule has 0 radical (unpaired) electrons. The molecule has 0 saturated carbocycles. The number of aliphatic hydroxyl groups is 1. The third-order valence-electron chi connectivity index (χ3n) is 5.62. The highest BCUT2D eigenvalue weighted by atomic mass is 19.1. The molecule has 6 heteroatoms. The SMILES string of the molecule is Cc1ccccc1OC[C@@H](O)CN(Cc1ccc(F)cc1)C[C@@H]1CC(c2ccccc2)=NO1. The first kappa shape index (κ1) is 23.0. The summed E-state index contributed by atoms with van der Waals surface area (Å²) < 4.78 is 19.2. The molecule has 1 N–H and O–H groups in total. The standard InChI is InChI=1S/C27H29FN2O3/c1-20-7-5-6-10-27(20)32-19-24(31)17-30(16-21-11-13-23(28)14-12-21)18-25-15-26(29-33-25)22-8-3-2-4-9-22/h2-14,24-25,31H,15-19H2,1H3/t24-,25-/m0/s1. The van der Waals surface area contributed by atoms with E-state index < -0.39 is 6.10 Å². The van der Waals surface area contributed by atoms with Gasteiger partial charge < -0.3 is 14.7 Å². The van der Waals surface area contributed by atoms with Crippen LogP contribution in [0.5, 0.6) is 5.75 Å².